The van der Waals surface area contributed by atoms with Crippen LogP contribution in [-0.4, -0.2) is 11.0 Å². The number of hydrogen-bond acceptors (Lipinski definition) is 3. The second-order valence-corrected chi connectivity index (χ2v) is 5.93. The average Bonchev–Trinajstić information content (AvgIpc) is 3.03. The maximum absolute atomic E-state index is 5.58. The Hall–Kier alpha value is -1.09. The van der Waals surface area contributed by atoms with Crippen molar-refractivity contribution in [1.82, 2.24) is 10.3 Å². The normalized spacial score (nSPS) is 32.9. The highest BCUT2D eigenvalue weighted by molar-refractivity contribution is 5.12. The van der Waals surface area contributed by atoms with Gasteiger partial charge in [0.25, 0.3) is 0 Å². The summed E-state index contributed by atoms with van der Waals surface area (Å²) < 4.78 is 5.58. The number of fused-ring (bicyclic) bond motifs is 2. The van der Waals surface area contributed by atoms with Crippen LogP contribution < -0.4 is 5.32 Å². The molecule has 3 heteroatoms. The summed E-state index contributed by atoms with van der Waals surface area (Å²) in [6.45, 7) is 6.36. The number of aryl methyl sites for hydroxylation is 1. The SMILES string of the molecule is Cc1cnc(C(C)NC(C)C2CC3C=CC2C3)o1. The first-order valence-electron chi connectivity index (χ1n) is 7.00. The van der Waals surface area contributed by atoms with Crippen molar-refractivity contribution in [3.8, 4) is 0 Å². The molecule has 5 atom stereocenters. The van der Waals surface area contributed by atoms with Gasteiger partial charge in [-0.05, 0) is 51.4 Å². The molecule has 2 bridgehead atoms. The summed E-state index contributed by atoms with van der Waals surface area (Å²) in [6.07, 6.45) is 9.31. The zero-order valence-electron chi connectivity index (χ0n) is 11.4. The standard InChI is InChI=1S/C15H22N2O/c1-9-8-16-15(18-9)11(3)17-10(2)14-7-12-4-5-13(14)6-12/h4-5,8,10-14,17H,6-7H2,1-3H3. The van der Waals surface area contributed by atoms with Gasteiger partial charge < -0.3 is 9.73 Å². The quantitative estimate of drug-likeness (QED) is 0.829. The molecule has 5 unspecified atom stereocenters. The fourth-order valence-corrected chi connectivity index (χ4v) is 3.56. The summed E-state index contributed by atoms with van der Waals surface area (Å²) in [6, 6.07) is 0.712. The van der Waals surface area contributed by atoms with Gasteiger partial charge in [-0.3, -0.25) is 0 Å². The van der Waals surface area contributed by atoms with E-state index in [9.17, 15) is 0 Å². The van der Waals surface area contributed by atoms with Crippen LogP contribution in [0, 0.1) is 24.7 Å². The van der Waals surface area contributed by atoms with Crippen molar-refractivity contribution >= 4 is 0 Å². The molecule has 2 aliphatic carbocycles. The fourth-order valence-electron chi connectivity index (χ4n) is 3.56. The summed E-state index contributed by atoms with van der Waals surface area (Å²) in [5.41, 5.74) is 0. The lowest BCUT2D eigenvalue weighted by molar-refractivity contribution is 0.286. The molecule has 0 saturated heterocycles. The lowest BCUT2D eigenvalue weighted by Gasteiger charge is -2.28. The molecule has 1 fully saturated rings. The third kappa shape index (κ3) is 2.12. The molecule has 3 nitrogen and oxygen atoms in total. The largest absolute Gasteiger partial charge is 0.444 e. The fraction of sp³-hybridized carbons (Fsp3) is 0.667. The Labute approximate surface area is 109 Å². The molecule has 1 heterocycles. The van der Waals surface area contributed by atoms with E-state index in [2.05, 4.69) is 36.3 Å². The Balaban J connectivity index is 1.61. The highest BCUT2D eigenvalue weighted by atomic mass is 16.4. The molecule has 18 heavy (non-hydrogen) atoms. The summed E-state index contributed by atoms with van der Waals surface area (Å²) >= 11 is 0. The predicted molar refractivity (Wildman–Crippen MR) is 71.1 cm³/mol. The Morgan fingerprint density at radius 1 is 1.33 bits per heavy atom. The van der Waals surface area contributed by atoms with Crippen LogP contribution in [0.5, 0.6) is 0 Å². The van der Waals surface area contributed by atoms with Gasteiger partial charge in [0.05, 0.1) is 12.2 Å². The van der Waals surface area contributed by atoms with E-state index in [4.69, 9.17) is 4.42 Å². The number of aromatic nitrogens is 1. The van der Waals surface area contributed by atoms with Gasteiger partial charge in [0.1, 0.15) is 5.76 Å². The molecule has 1 aromatic heterocycles. The van der Waals surface area contributed by atoms with E-state index in [-0.39, 0.29) is 6.04 Å². The van der Waals surface area contributed by atoms with Crippen molar-refractivity contribution < 1.29 is 4.42 Å². The number of allylic oxidation sites excluding steroid dienone is 2. The number of hydrogen-bond donors (Lipinski definition) is 1. The number of nitrogens with one attached hydrogen (secondary N) is 1. The van der Waals surface area contributed by atoms with Crippen LogP contribution in [0.3, 0.4) is 0 Å². The number of nitrogens with zero attached hydrogens (tertiary/aromatic N) is 1. The van der Waals surface area contributed by atoms with Crippen LogP contribution in [0.15, 0.2) is 22.8 Å². The molecule has 1 aromatic rings. The van der Waals surface area contributed by atoms with Crippen LogP contribution >= 0.6 is 0 Å². The van der Waals surface area contributed by atoms with Crippen LogP contribution in [-0.2, 0) is 0 Å². The van der Waals surface area contributed by atoms with Gasteiger partial charge >= 0.3 is 0 Å². The highest BCUT2D eigenvalue weighted by Crippen LogP contribution is 2.45. The van der Waals surface area contributed by atoms with E-state index >= 15 is 0 Å². The lowest BCUT2D eigenvalue weighted by Crippen LogP contribution is -2.37. The van der Waals surface area contributed by atoms with E-state index < -0.39 is 0 Å². The third-order valence-corrected chi connectivity index (χ3v) is 4.49. The molecular weight excluding hydrogens is 224 g/mol. The molecule has 0 aliphatic heterocycles. The molecule has 3 rings (SSSR count). The smallest absolute Gasteiger partial charge is 0.211 e. The van der Waals surface area contributed by atoms with Crippen molar-refractivity contribution in [2.75, 3.05) is 0 Å². The topological polar surface area (TPSA) is 38.1 Å². The molecule has 0 radical (unpaired) electrons. The van der Waals surface area contributed by atoms with Crippen molar-refractivity contribution in [2.24, 2.45) is 17.8 Å². The molecular formula is C15H22N2O. The van der Waals surface area contributed by atoms with E-state index in [0.29, 0.717) is 6.04 Å². The second-order valence-electron chi connectivity index (χ2n) is 5.93. The zero-order chi connectivity index (χ0) is 12.7. The van der Waals surface area contributed by atoms with E-state index in [1.165, 1.54) is 12.8 Å². The van der Waals surface area contributed by atoms with Crippen molar-refractivity contribution in [2.45, 2.75) is 45.7 Å². The average molecular weight is 246 g/mol. The van der Waals surface area contributed by atoms with Gasteiger partial charge in [0, 0.05) is 6.04 Å². The summed E-state index contributed by atoms with van der Waals surface area (Å²) in [4.78, 5) is 4.30. The van der Waals surface area contributed by atoms with Gasteiger partial charge in [0.15, 0.2) is 0 Å². The molecule has 0 amide bonds. The van der Waals surface area contributed by atoms with Gasteiger partial charge in [-0.25, -0.2) is 4.98 Å². The highest BCUT2D eigenvalue weighted by Gasteiger charge is 2.38. The first-order valence-corrected chi connectivity index (χ1v) is 7.00. The van der Waals surface area contributed by atoms with E-state index in [1.807, 2.05) is 6.92 Å². The van der Waals surface area contributed by atoms with Gasteiger partial charge in [-0.1, -0.05) is 12.2 Å². The van der Waals surface area contributed by atoms with E-state index in [0.717, 1.165) is 29.4 Å². The maximum Gasteiger partial charge on any atom is 0.211 e. The van der Waals surface area contributed by atoms with Crippen LogP contribution in [0.2, 0.25) is 0 Å². The van der Waals surface area contributed by atoms with Crippen LogP contribution in [0.1, 0.15) is 44.4 Å². The molecule has 1 N–H and O–H groups in total. The first kappa shape index (κ1) is 12.0. The summed E-state index contributed by atoms with van der Waals surface area (Å²) in [5.74, 6) is 4.09. The Bertz CT molecular complexity index is 451. The minimum Gasteiger partial charge on any atom is -0.444 e. The molecule has 1 saturated carbocycles. The van der Waals surface area contributed by atoms with Crippen LogP contribution in [0.25, 0.3) is 0 Å². The lowest BCUT2D eigenvalue weighted by atomic mass is 9.87. The number of oxazole rings is 1. The minimum atomic E-state index is 0.191. The first-order chi connectivity index (χ1) is 8.63. The Morgan fingerprint density at radius 3 is 2.72 bits per heavy atom. The maximum atomic E-state index is 5.58. The summed E-state index contributed by atoms with van der Waals surface area (Å²) in [7, 11) is 0. The molecule has 2 aliphatic rings. The molecule has 0 aromatic carbocycles. The van der Waals surface area contributed by atoms with Crippen LogP contribution in [0.4, 0.5) is 0 Å². The van der Waals surface area contributed by atoms with Crippen molar-refractivity contribution in [3.63, 3.8) is 0 Å². The number of rotatable bonds is 4. The molecule has 0 spiro atoms. The van der Waals surface area contributed by atoms with Gasteiger partial charge in [0.2, 0.25) is 5.89 Å². The van der Waals surface area contributed by atoms with Gasteiger partial charge in [-0.2, -0.15) is 0 Å². The third-order valence-electron chi connectivity index (χ3n) is 4.49. The van der Waals surface area contributed by atoms with Gasteiger partial charge in [-0.15, -0.1) is 0 Å². The monoisotopic (exact) mass is 246 g/mol. The van der Waals surface area contributed by atoms with Crippen molar-refractivity contribution in [1.29, 1.82) is 0 Å². The minimum absolute atomic E-state index is 0.191. The Morgan fingerprint density at radius 2 is 2.17 bits per heavy atom. The Kier molecular flexibility index (Phi) is 3.02. The van der Waals surface area contributed by atoms with Crippen molar-refractivity contribution in [3.05, 3.63) is 30.0 Å². The second kappa shape index (κ2) is 4.54. The predicted octanol–water partition coefficient (Wildman–Crippen LogP) is 3.23. The van der Waals surface area contributed by atoms with E-state index in [1.54, 1.807) is 6.20 Å². The summed E-state index contributed by atoms with van der Waals surface area (Å²) in [5, 5.41) is 3.65. The molecule has 98 valence electrons. The zero-order valence-corrected chi connectivity index (χ0v) is 11.4.